The average Bonchev–Trinajstić information content (AvgIpc) is 3.06. The summed E-state index contributed by atoms with van der Waals surface area (Å²) in [6, 6.07) is 6.29. The predicted molar refractivity (Wildman–Crippen MR) is 105 cm³/mol. The third-order valence-corrected chi connectivity index (χ3v) is 7.14. The number of thiophene rings is 1. The number of rotatable bonds is 2. The van der Waals surface area contributed by atoms with Crippen LogP contribution in [0.2, 0.25) is 0 Å². The Hall–Kier alpha value is -2.52. The van der Waals surface area contributed by atoms with Crippen molar-refractivity contribution >= 4 is 44.7 Å². The summed E-state index contributed by atoms with van der Waals surface area (Å²) in [5, 5.41) is 16.9. The number of hydrogen-bond acceptors (Lipinski definition) is 6. The van der Waals surface area contributed by atoms with Crippen molar-refractivity contribution in [1.82, 2.24) is 4.68 Å². The van der Waals surface area contributed by atoms with Gasteiger partial charge in [0.25, 0.3) is 5.69 Å². The molecule has 1 N–H and O–H groups in total. The van der Waals surface area contributed by atoms with Gasteiger partial charge in [-0.05, 0) is 55.1 Å². The van der Waals surface area contributed by atoms with Crippen LogP contribution in [0.5, 0.6) is 0 Å². The number of benzene rings is 1. The standard InChI is InChI=1S/C18H14N4O3S2/c23-17-15-12-3-1-2-4-14(12)27-16(15)19-18-21(17)20-13(9-26-18)10-5-7-11(8-6-10)22(24)25/h5-8H,1-4,9H2/p+1. The van der Waals surface area contributed by atoms with Gasteiger partial charge in [0.2, 0.25) is 0 Å². The van der Waals surface area contributed by atoms with E-state index in [-0.39, 0.29) is 11.2 Å². The number of thioether (sulfide) groups is 1. The highest BCUT2D eigenvalue weighted by molar-refractivity contribution is 7.99. The van der Waals surface area contributed by atoms with Crippen LogP contribution in [0.3, 0.4) is 0 Å². The van der Waals surface area contributed by atoms with Gasteiger partial charge >= 0.3 is 10.7 Å². The number of fused-ring (bicyclic) bond motifs is 4. The van der Waals surface area contributed by atoms with Gasteiger partial charge in [-0.2, -0.15) is 0 Å². The molecule has 0 spiro atoms. The lowest BCUT2D eigenvalue weighted by Crippen LogP contribution is -2.31. The molecule has 1 aliphatic heterocycles. The van der Waals surface area contributed by atoms with Crippen LogP contribution >= 0.6 is 23.1 Å². The highest BCUT2D eigenvalue weighted by atomic mass is 32.2. The molecule has 0 saturated carbocycles. The molecule has 136 valence electrons. The molecule has 0 fully saturated rings. The van der Waals surface area contributed by atoms with Crippen molar-refractivity contribution in [1.29, 1.82) is 0 Å². The first kappa shape index (κ1) is 16.6. The number of nitro groups is 1. The number of aromatic nitrogens is 2. The minimum Gasteiger partial charge on any atom is -0.258 e. The smallest absolute Gasteiger partial charge is 0.258 e. The second-order valence-electron chi connectivity index (χ2n) is 6.60. The molecule has 7 nitrogen and oxygen atoms in total. The van der Waals surface area contributed by atoms with Crippen LogP contribution in [0.1, 0.15) is 28.8 Å². The van der Waals surface area contributed by atoms with Crippen LogP contribution in [-0.4, -0.2) is 21.1 Å². The Morgan fingerprint density at radius 1 is 1.19 bits per heavy atom. The fourth-order valence-electron chi connectivity index (χ4n) is 3.62. The molecule has 0 unspecified atom stereocenters. The minimum atomic E-state index is -0.424. The predicted octanol–water partition coefficient (Wildman–Crippen LogP) is 3.02. The maximum atomic E-state index is 13.2. The minimum absolute atomic E-state index is 0.0420. The Morgan fingerprint density at radius 2 is 1.96 bits per heavy atom. The van der Waals surface area contributed by atoms with Gasteiger partial charge in [0.05, 0.1) is 10.7 Å². The van der Waals surface area contributed by atoms with Gasteiger partial charge in [0, 0.05) is 22.6 Å². The van der Waals surface area contributed by atoms with E-state index in [0.717, 1.165) is 45.9 Å². The second kappa shape index (κ2) is 6.28. The van der Waals surface area contributed by atoms with E-state index in [0.29, 0.717) is 5.75 Å². The molecule has 3 aromatic rings. The summed E-state index contributed by atoms with van der Waals surface area (Å²) in [6.07, 6.45) is 4.29. The Kier molecular flexibility index (Phi) is 3.87. The number of aromatic amines is 1. The van der Waals surface area contributed by atoms with Crippen molar-refractivity contribution in [3.8, 4) is 0 Å². The lowest BCUT2D eigenvalue weighted by molar-refractivity contribution is -0.404. The van der Waals surface area contributed by atoms with Crippen molar-refractivity contribution < 1.29 is 9.91 Å². The van der Waals surface area contributed by atoms with Crippen LogP contribution in [0, 0.1) is 10.1 Å². The van der Waals surface area contributed by atoms with Gasteiger partial charge < -0.3 is 0 Å². The van der Waals surface area contributed by atoms with Gasteiger partial charge in [0.1, 0.15) is 11.1 Å². The molecule has 0 saturated heterocycles. The second-order valence-corrected chi connectivity index (χ2v) is 8.67. The number of H-pyrrole nitrogens is 1. The molecule has 2 aromatic heterocycles. The number of hydrogen-bond donors (Lipinski definition) is 0. The third-order valence-electron chi connectivity index (χ3n) is 4.97. The van der Waals surface area contributed by atoms with Crippen LogP contribution in [-0.2, 0) is 12.8 Å². The van der Waals surface area contributed by atoms with Crippen molar-refractivity contribution in [2.24, 2.45) is 5.10 Å². The molecule has 1 aromatic carbocycles. The van der Waals surface area contributed by atoms with Crippen LogP contribution in [0.15, 0.2) is 39.3 Å². The zero-order chi connectivity index (χ0) is 18.5. The molecular formula is C18H15N4O3S2+. The van der Waals surface area contributed by atoms with E-state index in [4.69, 9.17) is 0 Å². The Balaban J connectivity index is 1.64. The first-order valence-electron chi connectivity index (χ1n) is 8.70. The van der Waals surface area contributed by atoms with E-state index >= 15 is 0 Å². The zero-order valence-electron chi connectivity index (χ0n) is 14.2. The normalized spacial score (nSPS) is 15.9. The van der Waals surface area contributed by atoms with E-state index in [2.05, 4.69) is 10.1 Å². The van der Waals surface area contributed by atoms with Gasteiger partial charge in [-0.15, -0.1) is 0 Å². The summed E-state index contributed by atoms with van der Waals surface area (Å²) >= 11 is 3.22. The van der Waals surface area contributed by atoms with Gasteiger partial charge in [-0.1, -0.05) is 21.1 Å². The van der Waals surface area contributed by atoms with E-state index < -0.39 is 4.92 Å². The molecule has 5 rings (SSSR count). The Bertz CT molecular complexity index is 1180. The summed E-state index contributed by atoms with van der Waals surface area (Å²) in [4.78, 5) is 29.2. The van der Waals surface area contributed by atoms with Crippen LogP contribution in [0.25, 0.3) is 10.2 Å². The summed E-state index contributed by atoms with van der Waals surface area (Å²) in [5.74, 6) is 0.602. The summed E-state index contributed by atoms with van der Waals surface area (Å²) in [6.45, 7) is 0. The highest BCUT2D eigenvalue weighted by Crippen LogP contribution is 2.33. The third kappa shape index (κ3) is 2.69. The quantitative estimate of drug-likeness (QED) is 0.376. The highest BCUT2D eigenvalue weighted by Gasteiger charge is 2.29. The monoisotopic (exact) mass is 399 g/mol. The first-order chi connectivity index (χ1) is 13.1. The Labute approximate surface area is 161 Å². The van der Waals surface area contributed by atoms with E-state index in [9.17, 15) is 14.9 Å². The summed E-state index contributed by atoms with van der Waals surface area (Å²) in [5.41, 5.74) is 2.67. The zero-order valence-corrected chi connectivity index (χ0v) is 15.9. The van der Waals surface area contributed by atoms with Gasteiger partial charge in [-0.25, -0.2) is 9.78 Å². The lowest BCUT2D eigenvalue weighted by Gasteiger charge is -2.11. The summed E-state index contributed by atoms with van der Waals surface area (Å²) in [7, 11) is 0. The van der Waals surface area contributed by atoms with Crippen LogP contribution < -0.4 is 10.5 Å². The number of aryl methyl sites for hydroxylation is 2. The molecular weight excluding hydrogens is 384 g/mol. The van der Waals surface area contributed by atoms with Gasteiger partial charge in [0.15, 0.2) is 4.83 Å². The SMILES string of the molecule is O=c1c2c3c(sc2[nH+]c2n1N=C(c1ccc([N+](=O)[O-])cc1)CS2)CCCC3. The maximum Gasteiger partial charge on any atom is 0.372 e. The number of non-ortho nitro benzene ring substituents is 1. The number of nitrogens with zero attached hydrogens (tertiary/aromatic N) is 3. The average molecular weight is 399 g/mol. The molecule has 2 aliphatic rings. The van der Waals surface area contributed by atoms with Crippen LogP contribution in [0.4, 0.5) is 5.69 Å². The summed E-state index contributed by atoms with van der Waals surface area (Å²) < 4.78 is 1.45. The molecule has 9 heteroatoms. The Morgan fingerprint density at radius 3 is 2.74 bits per heavy atom. The van der Waals surface area contributed by atoms with Crippen molar-refractivity contribution in [2.45, 2.75) is 30.8 Å². The fourth-order valence-corrected chi connectivity index (χ4v) is 5.88. The molecule has 3 heterocycles. The maximum absolute atomic E-state index is 13.2. The fraction of sp³-hybridized carbons (Fsp3) is 0.278. The molecule has 0 radical (unpaired) electrons. The van der Waals surface area contributed by atoms with Crippen molar-refractivity contribution in [2.75, 3.05) is 5.75 Å². The first-order valence-corrected chi connectivity index (χ1v) is 10.5. The molecule has 1 aliphatic carbocycles. The lowest BCUT2D eigenvalue weighted by atomic mass is 9.97. The van der Waals surface area contributed by atoms with Crippen molar-refractivity contribution in [3.63, 3.8) is 0 Å². The molecule has 0 amide bonds. The van der Waals surface area contributed by atoms with Crippen molar-refractivity contribution in [3.05, 3.63) is 60.7 Å². The molecule has 0 atom stereocenters. The number of nitro benzene ring substituents is 1. The van der Waals surface area contributed by atoms with E-state index in [1.54, 1.807) is 23.5 Å². The van der Waals surface area contributed by atoms with E-state index in [1.165, 1.54) is 45.4 Å². The number of nitrogens with one attached hydrogen (secondary N) is 1. The molecule has 0 bridgehead atoms. The van der Waals surface area contributed by atoms with E-state index in [1.807, 2.05) is 0 Å². The topological polar surface area (TPSA) is 91.6 Å². The van der Waals surface area contributed by atoms with Gasteiger partial charge in [-0.3, -0.25) is 10.1 Å². The molecule has 27 heavy (non-hydrogen) atoms. The largest absolute Gasteiger partial charge is 0.372 e.